The molecular formula is C8H24N4S4. The largest absolute Gasteiger partial charge is 0.330 e. The highest BCUT2D eigenvalue weighted by Crippen LogP contribution is 2.18. The molecule has 0 radical (unpaired) electrons. The highest BCUT2D eigenvalue weighted by atomic mass is 33.1. The molecule has 0 unspecified atom stereocenters. The SMILES string of the molecule is NCCSSCCN.NCCSSCCN. The van der Waals surface area contributed by atoms with E-state index in [1.54, 1.807) is 43.2 Å². The molecular weight excluding hydrogens is 280 g/mol. The molecule has 0 fully saturated rings. The first-order chi connectivity index (χ1) is 7.83. The maximum absolute atomic E-state index is 5.25. The van der Waals surface area contributed by atoms with Gasteiger partial charge in [0, 0.05) is 49.2 Å². The van der Waals surface area contributed by atoms with Gasteiger partial charge in [-0.05, 0) is 0 Å². The molecule has 4 nitrogen and oxygen atoms in total. The Kier molecular flexibility index (Phi) is 26.3. The highest BCUT2D eigenvalue weighted by molar-refractivity contribution is 8.77. The van der Waals surface area contributed by atoms with Gasteiger partial charge in [0.1, 0.15) is 0 Å². The van der Waals surface area contributed by atoms with Crippen LogP contribution in [-0.4, -0.2) is 49.2 Å². The molecule has 16 heavy (non-hydrogen) atoms. The average Bonchev–Trinajstić information content (AvgIpc) is 2.31. The van der Waals surface area contributed by atoms with Crippen molar-refractivity contribution < 1.29 is 0 Å². The molecule has 0 spiro atoms. The smallest absolute Gasteiger partial charge is 0.0160 e. The van der Waals surface area contributed by atoms with E-state index in [9.17, 15) is 0 Å². The van der Waals surface area contributed by atoms with Crippen molar-refractivity contribution in [2.45, 2.75) is 0 Å². The summed E-state index contributed by atoms with van der Waals surface area (Å²) in [6.07, 6.45) is 0. The first kappa shape index (κ1) is 19.6. The first-order valence-electron chi connectivity index (χ1n) is 5.12. The summed E-state index contributed by atoms with van der Waals surface area (Å²) in [7, 11) is 7.16. The quantitative estimate of drug-likeness (QED) is 0.343. The third-order valence-corrected chi connectivity index (χ3v) is 5.91. The lowest BCUT2D eigenvalue weighted by Crippen LogP contribution is -2.02. The summed E-state index contributed by atoms with van der Waals surface area (Å²) in [6.45, 7) is 3.06. The third-order valence-electron chi connectivity index (χ3n) is 0.971. The van der Waals surface area contributed by atoms with Crippen molar-refractivity contribution in [2.75, 3.05) is 49.2 Å². The average molecular weight is 305 g/mol. The molecule has 0 saturated carbocycles. The topological polar surface area (TPSA) is 104 Å². The van der Waals surface area contributed by atoms with E-state index in [0.29, 0.717) is 0 Å². The van der Waals surface area contributed by atoms with Gasteiger partial charge >= 0.3 is 0 Å². The van der Waals surface area contributed by atoms with Crippen molar-refractivity contribution in [3.8, 4) is 0 Å². The molecule has 0 aromatic heterocycles. The highest BCUT2D eigenvalue weighted by Gasteiger charge is 1.84. The fourth-order valence-corrected chi connectivity index (χ4v) is 3.85. The van der Waals surface area contributed by atoms with Crippen LogP contribution in [0.2, 0.25) is 0 Å². The van der Waals surface area contributed by atoms with Crippen molar-refractivity contribution in [1.29, 1.82) is 0 Å². The summed E-state index contributed by atoms with van der Waals surface area (Å²) in [4.78, 5) is 0. The predicted molar refractivity (Wildman–Crippen MR) is 86.0 cm³/mol. The molecule has 0 aromatic carbocycles. The minimum absolute atomic E-state index is 0.766. The lowest BCUT2D eigenvalue weighted by molar-refractivity contribution is 1.15. The zero-order valence-corrected chi connectivity index (χ0v) is 12.9. The molecule has 100 valence electrons. The molecule has 0 aliphatic rings. The Morgan fingerprint density at radius 2 is 0.625 bits per heavy atom. The van der Waals surface area contributed by atoms with E-state index >= 15 is 0 Å². The van der Waals surface area contributed by atoms with Crippen LogP contribution in [0.25, 0.3) is 0 Å². The van der Waals surface area contributed by atoms with E-state index in [1.807, 2.05) is 0 Å². The number of hydrogen-bond donors (Lipinski definition) is 4. The Balaban J connectivity index is 0. The molecule has 0 bridgehead atoms. The molecule has 0 heterocycles. The van der Waals surface area contributed by atoms with Gasteiger partial charge in [0.05, 0.1) is 0 Å². The first-order valence-corrected chi connectivity index (χ1v) is 10.1. The van der Waals surface area contributed by atoms with Crippen molar-refractivity contribution in [1.82, 2.24) is 0 Å². The third kappa shape index (κ3) is 24.5. The summed E-state index contributed by atoms with van der Waals surface area (Å²) >= 11 is 0. The van der Waals surface area contributed by atoms with Gasteiger partial charge < -0.3 is 22.9 Å². The van der Waals surface area contributed by atoms with Crippen LogP contribution in [0, 0.1) is 0 Å². The normalized spacial score (nSPS) is 9.75. The predicted octanol–water partition coefficient (Wildman–Crippen LogP) is 0.570. The van der Waals surface area contributed by atoms with E-state index in [1.165, 1.54) is 0 Å². The molecule has 0 saturated heterocycles. The summed E-state index contributed by atoms with van der Waals surface area (Å²) in [5, 5.41) is 0. The van der Waals surface area contributed by atoms with Gasteiger partial charge in [0.15, 0.2) is 0 Å². The summed E-state index contributed by atoms with van der Waals surface area (Å²) in [6, 6.07) is 0. The Morgan fingerprint density at radius 1 is 0.438 bits per heavy atom. The maximum atomic E-state index is 5.25. The lowest BCUT2D eigenvalue weighted by Gasteiger charge is -1.93. The van der Waals surface area contributed by atoms with E-state index in [0.717, 1.165) is 49.2 Å². The van der Waals surface area contributed by atoms with Crippen LogP contribution in [0.1, 0.15) is 0 Å². The summed E-state index contributed by atoms with van der Waals surface area (Å²) < 4.78 is 0. The number of hydrogen-bond acceptors (Lipinski definition) is 8. The van der Waals surface area contributed by atoms with E-state index in [4.69, 9.17) is 22.9 Å². The molecule has 0 aromatic rings. The Bertz CT molecular complexity index is 86.0. The van der Waals surface area contributed by atoms with Crippen LogP contribution < -0.4 is 22.9 Å². The number of nitrogens with two attached hydrogens (primary N) is 4. The van der Waals surface area contributed by atoms with E-state index in [-0.39, 0.29) is 0 Å². The van der Waals surface area contributed by atoms with Crippen LogP contribution in [0.4, 0.5) is 0 Å². The van der Waals surface area contributed by atoms with Crippen molar-refractivity contribution >= 4 is 43.2 Å². The molecule has 0 aliphatic carbocycles. The van der Waals surface area contributed by atoms with Gasteiger partial charge in [-0.1, -0.05) is 43.2 Å². The molecule has 0 aliphatic heterocycles. The van der Waals surface area contributed by atoms with Crippen LogP contribution in [0.3, 0.4) is 0 Å². The standard InChI is InChI=1S/2C4H12N2S2/c2*5-1-3-7-8-4-2-6/h2*1-6H2. The zero-order chi connectivity index (χ0) is 12.5. The maximum Gasteiger partial charge on any atom is 0.0160 e. The van der Waals surface area contributed by atoms with Crippen LogP contribution in [0.5, 0.6) is 0 Å². The fraction of sp³-hybridized carbons (Fsp3) is 1.00. The van der Waals surface area contributed by atoms with Crippen molar-refractivity contribution in [3.63, 3.8) is 0 Å². The molecule has 8 heteroatoms. The fourth-order valence-electron chi connectivity index (χ4n) is 0.428. The Morgan fingerprint density at radius 3 is 0.750 bits per heavy atom. The second-order valence-electron chi connectivity index (χ2n) is 2.44. The van der Waals surface area contributed by atoms with Crippen molar-refractivity contribution in [3.05, 3.63) is 0 Å². The second kappa shape index (κ2) is 21.5. The van der Waals surface area contributed by atoms with E-state index in [2.05, 4.69) is 0 Å². The molecule has 0 rings (SSSR count). The Hall–Kier alpha value is 1.24. The second-order valence-corrected chi connectivity index (χ2v) is 7.85. The van der Waals surface area contributed by atoms with Gasteiger partial charge in [-0.2, -0.15) is 0 Å². The zero-order valence-electron chi connectivity index (χ0n) is 9.60. The van der Waals surface area contributed by atoms with Crippen LogP contribution >= 0.6 is 43.2 Å². The summed E-state index contributed by atoms with van der Waals surface area (Å²) in [5.41, 5.74) is 21.0. The lowest BCUT2D eigenvalue weighted by atomic mass is 10.8. The van der Waals surface area contributed by atoms with Crippen LogP contribution in [-0.2, 0) is 0 Å². The minimum Gasteiger partial charge on any atom is -0.330 e. The molecule has 0 atom stereocenters. The van der Waals surface area contributed by atoms with Gasteiger partial charge in [-0.3, -0.25) is 0 Å². The summed E-state index contributed by atoms with van der Waals surface area (Å²) in [5.74, 6) is 4.13. The van der Waals surface area contributed by atoms with Gasteiger partial charge in [-0.25, -0.2) is 0 Å². The van der Waals surface area contributed by atoms with E-state index < -0.39 is 0 Å². The molecule has 0 amide bonds. The van der Waals surface area contributed by atoms with Gasteiger partial charge in [-0.15, -0.1) is 0 Å². The van der Waals surface area contributed by atoms with Crippen LogP contribution in [0.15, 0.2) is 0 Å². The minimum atomic E-state index is 0.766. The monoisotopic (exact) mass is 304 g/mol. The molecule has 8 N–H and O–H groups in total. The van der Waals surface area contributed by atoms with Crippen molar-refractivity contribution in [2.24, 2.45) is 22.9 Å². The number of rotatable bonds is 10. The van der Waals surface area contributed by atoms with Gasteiger partial charge in [0.2, 0.25) is 0 Å². The Labute approximate surface area is 115 Å². The van der Waals surface area contributed by atoms with Gasteiger partial charge in [0.25, 0.3) is 0 Å².